The van der Waals surface area contributed by atoms with Gasteiger partial charge in [-0.25, -0.2) is 9.97 Å². The van der Waals surface area contributed by atoms with Gasteiger partial charge in [0.05, 0.1) is 17.5 Å². The number of hydrogen-bond donors (Lipinski definition) is 2. The Morgan fingerprint density at radius 3 is 2.77 bits per heavy atom. The summed E-state index contributed by atoms with van der Waals surface area (Å²) in [5.41, 5.74) is 5.79. The Balaban J connectivity index is 1.45. The molecular formula is C22H19N7OS. The average Bonchev–Trinajstić information content (AvgIpc) is 3.40. The van der Waals surface area contributed by atoms with Crippen molar-refractivity contribution in [1.29, 1.82) is 0 Å². The molecule has 2 N–H and O–H groups in total. The van der Waals surface area contributed by atoms with Gasteiger partial charge in [0, 0.05) is 34.6 Å². The SMILES string of the molecule is Cc1cc(-c2c(C)n[nH]c2C)c(C(=O)Nc2nc3ncc(C#CC4CC4)nc3s2)cn1. The van der Waals surface area contributed by atoms with Crippen molar-refractivity contribution in [2.45, 2.75) is 33.6 Å². The fourth-order valence-electron chi connectivity index (χ4n) is 3.30. The number of aromatic amines is 1. The molecule has 4 aromatic rings. The molecule has 1 fully saturated rings. The summed E-state index contributed by atoms with van der Waals surface area (Å²) in [6.07, 6.45) is 5.52. The first-order valence-electron chi connectivity index (χ1n) is 9.93. The van der Waals surface area contributed by atoms with Crippen LogP contribution >= 0.6 is 11.3 Å². The van der Waals surface area contributed by atoms with E-state index in [0.29, 0.717) is 32.8 Å². The van der Waals surface area contributed by atoms with Gasteiger partial charge < -0.3 is 0 Å². The minimum atomic E-state index is -0.296. The van der Waals surface area contributed by atoms with Crippen LogP contribution < -0.4 is 5.32 Å². The normalized spacial score (nSPS) is 13.1. The lowest BCUT2D eigenvalue weighted by molar-refractivity contribution is 0.102. The van der Waals surface area contributed by atoms with Crippen molar-refractivity contribution in [2.75, 3.05) is 5.32 Å². The number of aromatic nitrogens is 6. The molecule has 154 valence electrons. The van der Waals surface area contributed by atoms with Gasteiger partial charge in [-0.05, 0) is 45.6 Å². The Labute approximate surface area is 182 Å². The van der Waals surface area contributed by atoms with Crippen LogP contribution in [0.1, 0.15) is 46.0 Å². The number of nitrogens with one attached hydrogen (secondary N) is 2. The highest BCUT2D eigenvalue weighted by atomic mass is 32.1. The molecule has 0 unspecified atom stereocenters. The van der Waals surface area contributed by atoms with Gasteiger partial charge in [-0.15, -0.1) is 0 Å². The predicted octanol–water partition coefficient (Wildman–Crippen LogP) is 3.81. The molecule has 0 saturated heterocycles. The van der Waals surface area contributed by atoms with Gasteiger partial charge in [0.25, 0.3) is 5.91 Å². The lowest BCUT2D eigenvalue weighted by atomic mass is 9.98. The fourth-order valence-corrected chi connectivity index (χ4v) is 4.09. The summed E-state index contributed by atoms with van der Waals surface area (Å²) in [5, 5.41) is 10.5. The fraction of sp³-hybridized carbons (Fsp3) is 0.273. The number of pyridine rings is 1. The van der Waals surface area contributed by atoms with E-state index in [-0.39, 0.29) is 5.91 Å². The first kappa shape index (κ1) is 19.3. The van der Waals surface area contributed by atoms with Crippen molar-refractivity contribution < 1.29 is 4.79 Å². The molecule has 4 aromatic heterocycles. The Morgan fingerprint density at radius 1 is 1.19 bits per heavy atom. The zero-order chi connectivity index (χ0) is 21.5. The van der Waals surface area contributed by atoms with E-state index in [2.05, 4.69) is 47.3 Å². The third-order valence-corrected chi connectivity index (χ3v) is 5.86. The minimum absolute atomic E-state index is 0.296. The summed E-state index contributed by atoms with van der Waals surface area (Å²) in [5.74, 6) is 6.44. The molecule has 0 atom stereocenters. The van der Waals surface area contributed by atoms with Crippen molar-refractivity contribution in [3.63, 3.8) is 0 Å². The first-order chi connectivity index (χ1) is 15.0. The second-order valence-electron chi connectivity index (χ2n) is 7.58. The van der Waals surface area contributed by atoms with Gasteiger partial charge in [0.1, 0.15) is 5.69 Å². The van der Waals surface area contributed by atoms with Crippen LogP contribution in [0.4, 0.5) is 5.13 Å². The molecule has 1 saturated carbocycles. The topological polar surface area (TPSA) is 109 Å². The van der Waals surface area contributed by atoms with Crippen molar-refractivity contribution in [3.05, 3.63) is 46.8 Å². The molecular weight excluding hydrogens is 410 g/mol. The number of hydrogen-bond acceptors (Lipinski definition) is 7. The molecule has 0 aromatic carbocycles. The summed E-state index contributed by atoms with van der Waals surface area (Å²) in [7, 11) is 0. The molecule has 9 heteroatoms. The molecule has 0 aliphatic heterocycles. The molecule has 4 heterocycles. The summed E-state index contributed by atoms with van der Waals surface area (Å²) in [4.78, 5) is 31.3. The average molecular weight is 430 g/mol. The van der Waals surface area contributed by atoms with Gasteiger partial charge in [-0.3, -0.25) is 20.2 Å². The van der Waals surface area contributed by atoms with E-state index < -0.39 is 0 Å². The minimum Gasteiger partial charge on any atom is -0.298 e. The smallest absolute Gasteiger partial charge is 0.259 e. The summed E-state index contributed by atoms with van der Waals surface area (Å²) in [6.45, 7) is 5.73. The molecule has 0 bridgehead atoms. The Bertz CT molecular complexity index is 1370. The standard InChI is InChI=1S/C22H19N7OS/c1-11-8-16(18-12(2)28-29-13(18)3)17(10-23-11)20(30)27-22-26-19-21(31-22)25-15(9-24-19)7-6-14-4-5-14/h8-10,14H,4-5H2,1-3H3,(H,28,29)(H,24,26,27,30). The van der Waals surface area contributed by atoms with Gasteiger partial charge in [0.2, 0.25) is 0 Å². The number of carbonyl (C=O) groups is 1. The van der Waals surface area contributed by atoms with Gasteiger partial charge in [-0.1, -0.05) is 17.3 Å². The largest absolute Gasteiger partial charge is 0.298 e. The van der Waals surface area contributed by atoms with Crippen molar-refractivity contribution in [2.24, 2.45) is 5.92 Å². The highest BCUT2D eigenvalue weighted by Crippen LogP contribution is 2.31. The van der Waals surface area contributed by atoms with E-state index in [9.17, 15) is 4.79 Å². The molecule has 1 aliphatic rings. The van der Waals surface area contributed by atoms with Crippen molar-refractivity contribution in [3.8, 4) is 23.0 Å². The molecule has 1 aliphatic carbocycles. The van der Waals surface area contributed by atoms with E-state index in [4.69, 9.17) is 0 Å². The third-order valence-electron chi connectivity index (χ3n) is 5.01. The maximum Gasteiger partial charge on any atom is 0.259 e. The molecule has 0 spiro atoms. The maximum absolute atomic E-state index is 13.1. The van der Waals surface area contributed by atoms with E-state index in [1.807, 2.05) is 26.8 Å². The number of anilines is 1. The van der Waals surface area contributed by atoms with Crippen LogP contribution in [0.3, 0.4) is 0 Å². The predicted molar refractivity (Wildman–Crippen MR) is 119 cm³/mol. The molecule has 0 radical (unpaired) electrons. The summed E-state index contributed by atoms with van der Waals surface area (Å²) in [6, 6.07) is 1.89. The maximum atomic E-state index is 13.1. The summed E-state index contributed by atoms with van der Waals surface area (Å²) < 4.78 is 0. The quantitative estimate of drug-likeness (QED) is 0.479. The van der Waals surface area contributed by atoms with Gasteiger partial charge >= 0.3 is 0 Å². The van der Waals surface area contributed by atoms with Gasteiger partial charge in [-0.2, -0.15) is 10.1 Å². The lowest BCUT2D eigenvalue weighted by Crippen LogP contribution is -2.14. The van der Waals surface area contributed by atoms with E-state index in [0.717, 1.165) is 41.1 Å². The van der Waals surface area contributed by atoms with Crippen LogP contribution in [0.2, 0.25) is 0 Å². The zero-order valence-electron chi connectivity index (χ0n) is 17.3. The Hall–Kier alpha value is -3.64. The van der Waals surface area contributed by atoms with Crippen LogP contribution in [0.15, 0.2) is 18.5 Å². The molecule has 5 rings (SSSR count). The monoisotopic (exact) mass is 429 g/mol. The highest BCUT2D eigenvalue weighted by Gasteiger charge is 2.20. The number of fused-ring (bicyclic) bond motifs is 1. The Morgan fingerprint density at radius 2 is 2.03 bits per heavy atom. The van der Waals surface area contributed by atoms with Crippen LogP contribution in [0.5, 0.6) is 0 Å². The van der Waals surface area contributed by atoms with Crippen LogP contribution in [0.25, 0.3) is 21.6 Å². The van der Waals surface area contributed by atoms with Gasteiger partial charge in [0.15, 0.2) is 15.6 Å². The zero-order valence-corrected chi connectivity index (χ0v) is 18.1. The molecule has 1 amide bonds. The van der Waals surface area contributed by atoms with E-state index >= 15 is 0 Å². The first-order valence-corrected chi connectivity index (χ1v) is 10.7. The second-order valence-corrected chi connectivity index (χ2v) is 8.56. The number of amides is 1. The second kappa shape index (κ2) is 7.56. The van der Waals surface area contributed by atoms with Crippen LogP contribution in [-0.4, -0.2) is 36.0 Å². The molecule has 8 nitrogen and oxygen atoms in total. The number of H-pyrrole nitrogens is 1. The Kier molecular flexibility index (Phi) is 4.71. The third kappa shape index (κ3) is 3.90. The number of thiazole rings is 1. The van der Waals surface area contributed by atoms with Crippen molar-refractivity contribution >= 4 is 32.9 Å². The number of carbonyl (C=O) groups excluding carboxylic acids is 1. The number of aryl methyl sites for hydroxylation is 3. The van der Waals surface area contributed by atoms with E-state index in [1.165, 1.54) is 11.3 Å². The number of nitrogens with zero attached hydrogens (tertiary/aromatic N) is 5. The summed E-state index contributed by atoms with van der Waals surface area (Å²) >= 11 is 1.27. The lowest BCUT2D eigenvalue weighted by Gasteiger charge is -2.10. The van der Waals surface area contributed by atoms with Crippen LogP contribution in [0, 0.1) is 38.5 Å². The van der Waals surface area contributed by atoms with Crippen molar-refractivity contribution in [1.82, 2.24) is 30.1 Å². The van der Waals surface area contributed by atoms with E-state index in [1.54, 1.807) is 12.4 Å². The molecule has 31 heavy (non-hydrogen) atoms. The number of rotatable bonds is 3. The highest BCUT2D eigenvalue weighted by molar-refractivity contribution is 7.21. The van der Waals surface area contributed by atoms with Crippen LogP contribution in [-0.2, 0) is 0 Å².